The van der Waals surface area contributed by atoms with Crippen LogP contribution >= 0.6 is 0 Å². The third-order valence-electron chi connectivity index (χ3n) is 14.2. The van der Waals surface area contributed by atoms with E-state index in [1.54, 1.807) is 0 Å². The molecular weight excluding hydrogens is 1060 g/mol. The number of benzene rings is 6. The first kappa shape index (κ1) is 52.7. The zero-order valence-electron chi connectivity index (χ0n) is 46.1. The molecule has 0 radical (unpaired) electrons. The first-order chi connectivity index (χ1) is 32.9. The van der Waals surface area contributed by atoms with E-state index in [2.05, 4.69) is 261 Å². The number of rotatable bonds is 6. The van der Waals surface area contributed by atoms with Gasteiger partial charge in [-0.05, 0) is 125 Å². The molecule has 0 saturated heterocycles. The van der Waals surface area contributed by atoms with Crippen molar-refractivity contribution in [2.45, 2.75) is 157 Å². The predicted octanol–water partition coefficient (Wildman–Crippen LogP) is 18.4. The minimum absolute atomic E-state index is 0. The maximum Gasteiger partial charge on any atom is 0.135 e. The molecule has 0 saturated carbocycles. The van der Waals surface area contributed by atoms with Crippen molar-refractivity contribution in [3.8, 4) is 28.4 Å². The number of aromatic nitrogens is 2. The number of fused-ring (bicyclic) bond motifs is 4. The van der Waals surface area contributed by atoms with Gasteiger partial charge in [0.25, 0.3) is 0 Å². The molecule has 9 rings (SSSR count). The van der Waals surface area contributed by atoms with Crippen LogP contribution in [0.4, 0.5) is 22.7 Å². The molecule has 6 aromatic carbocycles. The quantitative estimate of drug-likeness (QED) is 0.155. The Balaban J connectivity index is 0.00000693. The van der Waals surface area contributed by atoms with Gasteiger partial charge in [-0.3, -0.25) is 0 Å². The molecule has 0 spiro atoms. The molecule has 0 unspecified atom stereocenters. The summed E-state index contributed by atoms with van der Waals surface area (Å²) in [6.45, 7) is 43.4. The molecule has 378 valence electrons. The van der Waals surface area contributed by atoms with Gasteiger partial charge in [0.1, 0.15) is 5.82 Å². The fraction of sp³-hybridized carbons (Fsp3) is 0.364. The zero-order valence-corrected chi connectivity index (χ0v) is 48.4. The Morgan fingerprint density at radius 1 is 0.444 bits per heavy atom. The van der Waals surface area contributed by atoms with Gasteiger partial charge in [0, 0.05) is 61.3 Å². The Morgan fingerprint density at radius 2 is 1.00 bits per heavy atom. The number of anilines is 4. The van der Waals surface area contributed by atoms with Crippen molar-refractivity contribution in [2.75, 3.05) is 9.80 Å². The monoisotopic (exact) mass is 1130 g/mol. The molecule has 0 atom stereocenters. The molecule has 1 aliphatic rings. The van der Waals surface area contributed by atoms with Gasteiger partial charge in [0.15, 0.2) is 0 Å². The summed E-state index contributed by atoms with van der Waals surface area (Å²) < 4.78 is 9.05. The smallest absolute Gasteiger partial charge is 0.135 e. The number of hydrogen-bond donors (Lipinski definition) is 0. The molecule has 1 aliphatic heterocycles. The summed E-state index contributed by atoms with van der Waals surface area (Å²) in [4.78, 5) is 9.60. The van der Waals surface area contributed by atoms with E-state index >= 15 is 0 Å². The standard InChI is InChI=1S/C66H75N4O.Pt/c1-61(2,3)44-23-27-57-59(37-44)69(51-35-48(65(13,14)15)34-49(36-51)66(16,17)18)41-68(57)50-20-19-21-52(39-50)71-53-24-25-54-55-32-42(43-30-46(63(7,8)9)33-47(31-43)64(10,11)12)22-26-56(55)70(58(54)40-53)60-38-45(28-29-67-60)62(4,5)6;/h19-38,41H,1-18H3;/q-3;. The topological polar surface area (TPSA) is 33.5 Å². The van der Waals surface area contributed by atoms with E-state index in [1.807, 2.05) is 18.3 Å². The maximum atomic E-state index is 6.81. The molecule has 0 aliphatic carbocycles. The number of nitrogens with zero attached hydrogens (tertiary/aromatic N) is 4. The summed E-state index contributed by atoms with van der Waals surface area (Å²) in [5, 5.41) is 2.22. The average Bonchev–Trinajstić information content (AvgIpc) is 3.82. The Labute approximate surface area is 446 Å². The van der Waals surface area contributed by atoms with Crippen molar-refractivity contribution < 1.29 is 25.8 Å². The van der Waals surface area contributed by atoms with Crippen LogP contribution in [0.5, 0.6) is 11.5 Å². The maximum absolute atomic E-state index is 6.81. The average molecular weight is 1140 g/mol. The molecule has 6 heteroatoms. The van der Waals surface area contributed by atoms with Crippen LogP contribution in [0, 0.1) is 18.8 Å². The minimum Gasteiger partial charge on any atom is -0.509 e. The normalized spacial score (nSPS) is 13.8. The summed E-state index contributed by atoms with van der Waals surface area (Å²) in [5.74, 6) is 2.06. The molecule has 3 heterocycles. The van der Waals surface area contributed by atoms with Gasteiger partial charge in [-0.15, -0.1) is 48.1 Å². The van der Waals surface area contributed by atoms with Gasteiger partial charge in [-0.1, -0.05) is 173 Å². The number of ether oxygens (including phenoxy) is 1. The van der Waals surface area contributed by atoms with Crippen LogP contribution in [0.25, 0.3) is 38.8 Å². The molecular formula is C66H75N4OPt-3. The molecule has 72 heavy (non-hydrogen) atoms. The number of hydrogen-bond acceptors (Lipinski definition) is 4. The zero-order chi connectivity index (χ0) is 51.4. The molecule has 2 aromatic heterocycles. The fourth-order valence-electron chi connectivity index (χ4n) is 9.46. The van der Waals surface area contributed by atoms with E-state index in [1.165, 1.54) is 44.5 Å². The van der Waals surface area contributed by atoms with Crippen molar-refractivity contribution in [2.24, 2.45) is 0 Å². The first-order valence-electron chi connectivity index (χ1n) is 25.5. The van der Waals surface area contributed by atoms with Crippen LogP contribution in [0.15, 0.2) is 121 Å². The van der Waals surface area contributed by atoms with Gasteiger partial charge < -0.3 is 19.1 Å². The summed E-state index contributed by atoms with van der Waals surface area (Å²) in [6.07, 6.45) is 1.93. The largest absolute Gasteiger partial charge is 0.509 e. The molecule has 5 nitrogen and oxygen atoms in total. The van der Waals surface area contributed by atoms with Crippen LogP contribution in [0.2, 0.25) is 0 Å². The summed E-state index contributed by atoms with van der Waals surface area (Å²) in [7, 11) is 0. The van der Waals surface area contributed by atoms with Gasteiger partial charge in [-0.2, -0.15) is 12.1 Å². The van der Waals surface area contributed by atoms with Crippen LogP contribution in [-0.4, -0.2) is 9.55 Å². The summed E-state index contributed by atoms with van der Waals surface area (Å²) >= 11 is 0. The second kappa shape index (κ2) is 18.4. The Hall–Kier alpha value is -5.64. The Morgan fingerprint density at radius 3 is 1.58 bits per heavy atom. The van der Waals surface area contributed by atoms with Crippen molar-refractivity contribution >= 4 is 44.6 Å². The predicted molar refractivity (Wildman–Crippen MR) is 302 cm³/mol. The third kappa shape index (κ3) is 10.4. The van der Waals surface area contributed by atoms with E-state index in [-0.39, 0.29) is 53.6 Å². The van der Waals surface area contributed by atoms with Crippen LogP contribution < -0.4 is 14.5 Å². The van der Waals surface area contributed by atoms with Gasteiger partial charge >= 0.3 is 0 Å². The molecule has 8 aromatic rings. The third-order valence-corrected chi connectivity index (χ3v) is 14.2. The summed E-state index contributed by atoms with van der Waals surface area (Å²) in [5.41, 5.74) is 16.3. The molecule has 0 amide bonds. The van der Waals surface area contributed by atoms with Crippen molar-refractivity contribution in [1.82, 2.24) is 9.55 Å². The Kier molecular flexibility index (Phi) is 13.4. The van der Waals surface area contributed by atoms with Crippen molar-refractivity contribution in [3.05, 3.63) is 174 Å². The van der Waals surface area contributed by atoms with Gasteiger partial charge in [0.05, 0.1) is 0 Å². The second-order valence-electron chi connectivity index (χ2n) is 26.2. The van der Waals surface area contributed by atoms with Crippen LogP contribution in [0.1, 0.15) is 158 Å². The van der Waals surface area contributed by atoms with Crippen LogP contribution in [0.3, 0.4) is 0 Å². The van der Waals surface area contributed by atoms with Gasteiger partial charge in [0.2, 0.25) is 0 Å². The molecule has 0 fully saturated rings. The molecule has 0 N–H and O–H groups in total. The van der Waals surface area contributed by atoms with Crippen molar-refractivity contribution in [3.63, 3.8) is 0 Å². The SMILES string of the molecule is CC(C)(C)c1cc(-c2ccc3c(c2)c2ccc(Oc4[c-]c(N5[CH-]N(c6cc(C(C)(C)C)cc(C(C)(C)C)c6)c6cc(C(C)(C)C)ccc65)ccc4)[c-]c2n3-c2cc(C(C)(C)C)ccn2)cc(C(C)(C)C)c1.[Pt]. The Bertz CT molecular complexity index is 3270. The number of pyridine rings is 1. The minimum atomic E-state index is -0.0592. The van der Waals surface area contributed by atoms with E-state index in [9.17, 15) is 0 Å². The molecule has 0 bridgehead atoms. The van der Waals surface area contributed by atoms with Crippen molar-refractivity contribution in [1.29, 1.82) is 0 Å². The fourth-order valence-corrected chi connectivity index (χ4v) is 9.46. The summed E-state index contributed by atoms with van der Waals surface area (Å²) in [6, 6.07) is 50.1. The van der Waals surface area contributed by atoms with E-state index in [4.69, 9.17) is 9.72 Å². The second-order valence-corrected chi connectivity index (χ2v) is 26.2. The van der Waals surface area contributed by atoms with Gasteiger partial charge in [-0.25, -0.2) is 4.98 Å². The van der Waals surface area contributed by atoms with E-state index in [0.29, 0.717) is 11.5 Å². The van der Waals surface area contributed by atoms with E-state index in [0.717, 1.165) is 50.4 Å². The van der Waals surface area contributed by atoms with E-state index < -0.39 is 0 Å². The van der Waals surface area contributed by atoms with Crippen LogP contribution in [-0.2, 0) is 53.6 Å². The first-order valence-corrected chi connectivity index (χ1v) is 25.5.